The van der Waals surface area contributed by atoms with Crippen molar-refractivity contribution in [2.45, 2.75) is 42.8 Å². The monoisotopic (exact) mass is 471 g/mol. The number of amides is 3. The van der Waals surface area contributed by atoms with Gasteiger partial charge in [-0.25, -0.2) is 4.79 Å². The third kappa shape index (κ3) is 5.37. The van der Waals surface area contributed by atoms with E-state index < -0.39 is 17.2 Å². The quantitative estimate of drug-likeness (QED) is 0.484. The van der Waals surface area contributed by atoms with Crippen LogP contribution in [0.1, 0.15) is 30.6 Å². The Morgan fingerprint density at radius 3 is 2.78 bits per heavy atom. The number of hydrogen-bond acceptors (Lipinski definition) is 7. The maximum Gasteiger partial charge on any atom is 0.321 e. The summed E-state index contributed by atoms with van der Waals surface area (Å²) in [7, 11) is 0. The minimum atomic E-state index is -0.664. The average Bonchev–Trinajstić information content (AvgIpc) is 3.56. The molecule has 2 aromatic heterocycles. The van der Waals surface area contributed by atoms with Crippen LogP contribution in [0.5, 0.6) is 0 Å². The van der Waals surface area contributed by atoms with Gasteiger partial charge in [-0.3, -0.25) is 14.7 Å². The van der Waals surface area contributed by atoms with Crippen molar-refractivity contribution >= 4 is 35.0 Å². The molecule has 0 radical (unpaired) electrons. The van der Waals surface area contributed by atoms with Crippen molar-refractivity contribution < 1.29 is 14.3 Å². The smallest absolute Gasteiger partial charge is 0.321 e. The van der Waals surface area contributed by atoms with Gasteiger partial charge in [0.25, 0.3) is 0 Å². The maximum atomic E-state index is 13.1. The summed E-state index contributed by atoms with van der Waals surface area (Å²) < 4.78 is 7.89. The summed E-state index contributed by atoms with van der Waals surface area (Å²) in [6.45, 7) is 3.60. The van der Waals surface area contributed by atoms with E-state index in [0.29, 0.717) is 18.2 Å². The predicted octanol–water partition coefficient (Wildman–Crippen LogP) is 3.86. The van der Waals surface area contributed by atoms with E-state index in [4.69, 9.17) is 4.74 Å². The SMILES string of the molecule is CCNC(=O)NC(=O)C(Sc1nnc(-c2cccs2)n1CC1CCCO1)c1ccccc1. The highest BCUT2D eigenvalue weighted by Crippen LogP contribution is 2.37. The Kier molecular flexibility index (Phi) is 7.56. The van der Waals surface area contributed by atoms with Gasteiger partial charge in [0, 0.05) is 13.2 Å². The fourth-order valence-corrected chi connectivity index (χ4v) is 5.27. The minimum Gasteiger partial charge on any atom is -0.376 e. The summed E-state index contributed by atoms with van der Waals surface area (Å²) in [6.07, 6.45) is 2.10. The number of nitrogens with one attached hydrogen (secondary N) is 2. The van der Waals surface area contributed by atoms with E-state index in [1.807, 2.05) is 52.4 Å². The topological polar surface area (TPSA) is 98.1 Å². The van der Waals surface area contributed by atoms with E-state index in [-0.39, 0.29) is 6.10 Å². The van der Waals surface area contributed by atoms with Crippen LogP contribution in [-0.4, -0.2) is 46.0 Å². The van der Waals surface area contributed by atoms with Crippen LogP contribution in [0.15, 0.2) is 53.0 Å². The molecule has 0 aliphatic carbocycles. The van der Waals surface area contributed by atoms with Gasteiger partial charge < -0.3 is 10.1 Å². The second-order valence-electron chi connectivity index (χ2n) is 7.29. The number of urea groups is 1. The Morgan fingerprint density at radius 2 is 2.09 bits per heavy atom. The summed E-state index contributed by atoms with van der Waals surface area (Å²) in [5.74, 6) is 0.352. The molecule has 1 aromatic carbocycles. The number of thioether (sulfide) groups is 1. The number of ether oxygens (including phenoxy) is 1. The minimum absolute atomic E-state index is 0.0865. The summed E-state index contributed by atoms with van der Waals surface area (Å²) in [5, 5.41) is 15.8. The Hall–Kier alpha value is -2.69. The van der Waals surface area contributed by atoms with Crippen LogP contribution in [0.4, 0.5) is 4.79 Å². The van der Waals surface area contributed by atoms with Crippen LogP contribution in [0, 0.1) is 0 Å². The molecule has 1 fully saturated rings. The highest BCUT2D eigenvalue weighted by molar-refractivity contribution is 8.00. The van der Waals surface area contributed by atoms with Gasteiger partial charge in [0.1, 0.15) is 5.25 Å². The van der Waals surface area contributed by atoms with Crippen molar-refractivity contribution in [3.63, 3.8) is 0 Å². The van der Waals surface area contributed by atoms with Crippen LogP contribution in [0.3, 0.4) is 0 Å². The molecule has 1 aliphatic rings. The highest BCUT2D eigenvalue weighted by Gasteiger charge is 2.28. The molecule has 2 N–H and O–H groups in total. The number of aromatic nitrogens is 3. The van der Waals surface area contributed by atoms with Gasteiger partial charge in [0.2, 0.25) is 5.91 Å². The molecule has 1 saturated heterocycles. The number of thiophene rings is 1. The summed E-state index contributed by atoms with van der Waals surface area (Å²) in [5.41, 5.74) is 0.781. The standard InChI is InChI=1S/C22H25N5O3S2/c1-2-23-21(29)24-20(28)18(15-8-4-3-5-9-15)32-22-26-25-19(17-11-7-13-31-17)27(22)14-16-10-6-12-30-16/h3-5,7-9,11,13,16,18H,2,6,10,12,14H2,1H3,(H2,23,24,28,29). The van der Waals surface area contributed by atoms with E-state index in [1.165, 1.54) is 11.8 Å². The van der Waals surface area contributed by atoms with Crippen LogP contribution in [0.2, 0.25) is 0 Å². The molecule has 1 aliphatic heterocycles. The summed E-state index contributed by atoms with van der Waals surface area (Å²) in [4.78, 5) is 26.1. The molecule has 2 unspecified atom stereocenters. The first-order valence-corrected chi connectivity index (χ1v) is 12.3. The van der Waals surface area contributed by atoms with Crippen molar-refractivity contribution in [1.29, 1.82) is 0 Å². The summed E-state index contributed by atoms with van der Waals surface area (Å²) in [6, 6.07) is 12.8. The molecular formula is C22H25N5O3S2. The molecule has 3 heterocycles. The summed E-state index contributed by atoms with van der Waals surface area (Å²) >= 11 is 2.88. The molecular weight excluding hydrogens is 446 g/mol. The van der Waals surface area contributed by atoms with Gasteiger partial charge in [0.05, 0.1) is 17.5 Å². The Morgan fingerprint density at radius 1 is 1.25 bits per heavy atom. The fraction of sp³-hybridized carbons (Fsp3) is 0.364. The van der Waals surface area contributed by atoms with Gasteiger partial charge in [-0.05, 0) is 36.8 Å². The number of carbonyl (C=O) groups excluding carboxylic acids is 2. The molecule has 10 heteroatoms. The lowest BCUT2D eigenvalue weighted by Crippen LogP contribution is -2.41. The normalized spacial score (nSPS) is 16.6. The second-order valence-corrected chi connectivity index (χ2v) is 9.31. The Bertz CT molecular complexity index is 1030. The zero-order chi connectivity index (χ0) is 22.3. The molecule has 8 nitrogen and oxygen atoms in total. The molecule has 0 spiro atoms. The van der Waals surface area contributed by atoms with E-state index >= 15 is 0 Å². The van der Waals surface area contributed by atoms with E-state index in [9.17, 15) is 9.59 Å². The van der Waals surface area contributed by atoms with Crippen LogP contribution in [0.25, 0.3) is 10.7 Å². The number of hydrogen-bond donors (Lipinski definition) is 2. The van der Waals surface area contributed by atoms with E-state index in [1.54, 1.807) is 18.3 Å². The van der Waals surface area contributed by atoms with Crippen LogP contribution < -0.4 is 10.6 Å². The fourth-order valence-electron chi connectivity index (χ4n) is 3.51. The average molecular weight is 472 g/mol. The van der Waals surface area contributed by atoms with E-state index in [0.717, 1.165) is 35.7 Å². The maximum absolute atomic E-state index is 13.1. The first-order valence-electron chi connectivity index (χ1n) is 10.5. The molecule has 3 amide bonds. The highest BCUT2D eigenvalue weighted by atomic mass is 32.2. The van der Waals surface area contributed by atoms with Gasteiger partial charge in [-0.2, -0.15) is 0 Å². The number of benzene rings is 1. The van der Waals surface area contributed by atoms with Gasteiger partial charge >= 0.3 is 6.03 Å². The van der Waals surface area contributed by atoms with Crippen molar-refractivity contribution in [3.05, 3.63) is 53.4 Å². The first kappa shape index (κ1) is 22.5. The largest absolute Gasteiger partial charge is 0.376 e. The van der Waals surface area contributed by atoms with Crippen LogP contribution >= 0.6 is 23.1 Å². The number of carbonyl (C=O) groups is 2. The van der Waals surface area contributed by atoms with Crippen molar-refractivity contribution in [1.82, 2.24) is 25.4 Å². The second kappa shape index (κ2) is 10.8. The lowest BCUT2D eigenvalue weighted by Gasteiger charge is -2.18. The molecule has 2 atom stereocenters. The van der Waals surface area contributed by atoms with Crippen molar-refractivity contribution in [2.24, 2.45) is 0 Å². The third-order valence-electron chi connectivity index (χ3n) is 5.01. The lowest BCUT2D eigenvalue weighted by atomic mass is 10.1. The zero-order valence-corrected chi connectivity index (χ0v) is 19.3. The van der Waals surface area contributed by atoms with Crippen LogP contribution in [-0.2, 0) is 16.1 Å². The lowest BCUT2D eigenvalue weighted by molar-refractivity contribution is -0.119. The van der Waals surface area contributed by atoms with Gasteiger partial charge in [-0.15, -0.1) is 21.5 Å². The predicted molar refractivity (Wildman–Crippen MR) is 125 cm³/mol. The molecule has 3 aromatic rings. The Balaban J connectivity index is 1.65. The number of imide groups is 1. The van der Waals surface area contributed by atoms with Gasteiger partial charge in [0.15, 0.2) is 11.0 Å². The van der Waals surface area contributed by atoms with Gasteiger partial charge in [-0.1, -0.05) is 48.2 Å². The Labute approximate surface area is 194 Å². The molecule has 32 heavy (non-hydrogen) atoms. The molecule has 168 valence electrons. The van der Waals surface area contributed by atoms with E-state index in [2.05, 4.69) is 20.8 Å². The van der Waals surface area contributed by atoms with Crippen molar-refractivity contribution in [2.75, 3.05) is 13.2 Å². The molecule has 4 rings (SSSR count). The molecule has 0 saturated carbocycles. The van der Waals surface area contributed by atoms with Crippen molar-refractivity contribution in [3.8, 4) is 10.7 Å². The third-order valence-corrected chi connectivity index (χ3v) is 7.11. The number of nitrogens with zero attached hydrogens (tertiary/aromatic N) is 3. The number of rotatable bonds is 8. The molecule has 0 bridgehead atoms. The first-order chi connectivity index (χ1) is 15.7. The zero-order valence-electron chi connectivity index (χ0n) is 17.7.